The van der Waals surface area contributed by atoms with Crippen molar-refractivity contribution in [3.8, 4) is 6.07 Å². The summed E-state index contributed by atoms with van der Waals surface area (Å²) in [6.07, 6.45) is 3.21. The highest BCUT2D eigenvalue weighted by Crippen LogP contribution is 2.47. The zero-order valence-electron chi connectivity index (χ0n) is 20.1. The number of nitriles is 1. The van der Waals surface area contributed by atoms with Crippen LogP contribution in [0.5, 0.6) is 0 Å². The Bertz CT molecular complexity index is 1100. The number of ether oxygens (including phenoxy) is 1. The molecule has 0 spiro atoms. The number of carbonyl (C=O) groups is 1. The molecule has 1 amide bonds. The van der Waals surface area contributed by atoms with Gasteiger partial charge < -0.3 is 14.5 Å². The standard InChI is InChI=1S/C27H33N3O2S/c1-17(2)25-14-29(8-9-30(25)26(31)19-7-10-33-16-19)24-11-20(18-5-6-18)23-15-32-27(3,4)12-21(23)22(24)13-28/h7,10-11,16-18,25H,5-6,8-9,12,14-15H2,1-4H3. The van der Waals surface area contributed by atoms with Gasteiger partial charge in [0.2, 0.25) is 0 Å². The van der Waals surface area contributed by atoms with E-state index in [-0.39, 0.29) is 17.6 Å². The van der Waals surface area contributed by atoms with Gasteiger partial charge in [-0.25, -0.2) is 0 Å². The van der Waals surface area contributed by atoms with Crippen LogP contribution in [-0.2, 0) is 17.8 Å². The molecule has 1 saturated carbocycles. The lowest BCUT2D eigenvalue weighted by molar-refractivity contribution is -0.0405. The van der Waals surface area contributed by atoms with Crippen LogP contribution in [0.3, 0.4) is 0 Å². The fourth-order valence-corrected chi connectivity index (χ4v) is 6.06. The Balaban J connectivity index is 1.51. The van der Waals surface area contributed by atoms with E-state index >= 15 is 0 Å². The van der Waals surface area contributed by atoms with E-state index in [1.54, 1.807) is 11.3 Å². The third-order valence-electron chi connectivity index (χ3n) is 7.46. The van der Waals surface area contributed by atoms with Crippen molar-refractivity contribution in [1.82, 2.24) is 4.90 Å². The number of hydrogen-bond acceptors (Lipinski definition) is 5. The van der Waals surface area contributed by atoms with E-state index < -0.39 is 0 Å². The minimum absolute atomic E-state index is 0.109. The number of thiophene rings is 1. The smallest absolute Gasteiger partial charge is 0.255 e. The molecule has 1 saturated heterocycles. The lowest BCUT2D eigenvalue weighted by Gasteiger charge is -2.45. The first kappa shape index (κ1) is 22.4. The van der Waals surface area contributed by atoms with Gasteiger partial charge in [-0.1, -0.05) is 13.8 Å². The van der Waals surface area contributed by atoms with Crippen molar-refractivity contribution in [2.24, 2.45) is 5.92 Å². The quantitative estimate of drug-likeness (QED) is 0.614. The summed E-state index contributed by atoms with van der Waals surface area (Å²) in [6, 6.07) is 6.88. The number of hydrogen-bond donors (Lipinski definition) is 0. The number of carbonyl (C=O) groups excluding carboxylic acids is 1. The second-order valence-electron chi connectivity index (χ2n) is 10.7. The Morgan fingerprint density at radius 3 is 2.70 bits per heavy atom. The van der Waals surface area contributed by atoms with Gasteiger partial charge in [-0.3, -0.25) is 4.79 Å². The summed E-state index contributed by atoms with van der Waals surface area (Å²) in [5, 5.41) is 14.2. The van der Waals surface area contributed by atoms with Crippen molar-refractivity contribution in [2.45, 2.75) is 71.1 Å². The molecule has 5 rings (SSSR count). The molecule has 1 aliphatic carbocycles. The van der Waals surface area contributed by atoms with Crippen LogP contribution in [0.4, 0.5) is 5.69 Å². The van der Waals surface area contributed by atoms with Crippen LogP contribution in [0, 0.1) is 17.2 Å². The van der Waals surface area contributed by atoms with Crippen LogP contribution in [0.2, 0.25) is 0 Å². The first-order valence-electron chi connectivity index (χ1n) is 12.1. The first-order chi connectivity index (χ1) is 15.8. The molecule has 1 aromatic heterocycles. The molecule has 174 valence electrons. The third kappa shape index (κ3) is 4.18. The molecule has 6 heteroatoms. The summed E-state index contributed by atoms with van der Waals surface area (Å²) >= 11 is 1.56. The predicted molar refractivity (Wildman–Crippen MR) is 132 cm³/mol. The Kier molecular flexibility index (Phi) is 5.74. The highest BCUT2D eigenvalue weighted by Gasteiger charge is 2.38. The average Bonchev–Trinajstić information content (AvgIpc) is 3.49. The molecular weight excluding hydrogens is 430 g/mol. The molecular formula is C27H33N3O2S. The van der Waals surface area contributed by atoms with E-state index in [0.29, 0.717) is 25.0 Å². The second kappa shape index (κ2) is 8.45. The summed E-state index contributed by atoms with van der Waals surface area (Å²) in [4.78, 5) is 17.6. The predicted octanol–water partition coefficient (Wildman–Crippen LogP) is 5.34. The van der Waals surface area contributed by atoms with Crippen LogP contribution >= 0.6 is 11.3 Å². The molecule has 3 aliphatic rings. The van der Waals surface area contributed by atoms with Crippen LogP contribution in [0.1, 0.15) is 79.1 Å². The number of benzene rings is 1. The Morgan fingerprint density at radius 2 is 2.06 bits per heavy atom. The van der Waals surface area contributed by atoms with Crippen LogP contribution in [0.15, 0.2) is 22.9 Å². The minimum Gasteiger partial charge on any atom is -0.371 e. The number of nitrogens with zero attached hydrogens (tertiary/aromatic N) is 3. The van der Waals surface area contributed by atoms with Crippen molar-refractivity contribution in [1.29, 1.82) is 5.26 Å². The fourth-order valence-electron chi connectivity index (χ4n) is 5.43. The van der Waals surface area contributed by atoms with E-state index in [9.17, 15) is 10.1 Å². The van der Waals surface area contributed by atoms with Crippen molar-refractivity contribution >= 4 is 22.9 Å². The maximum atomic E-state index is 13.2. The molecule has 0 N–H and O–H groups in total. The lowest BCUT2D eigenvalue weighted by atomic mass is 9.83. The summed E-state index contributed by atoms with van der Waals surface area (Å²) in [5.41, 5.74) is 6.21. The number of piperazine rings is 1. The van der Waals surface area contributed by atoms with Crippen molar-refractivity contribution < 1.29 is 9.53 Å². The lowest BCUT2D eigenvalue weighted by Crippen LogP contribution is -2.57. The zero-order valence-corrected chi connectivity index (χ0v) is 20.9. The molecule has 1 atom stereocenters. The molecule has 33 heavy (non-hydrogen) atoms. The van der Waals surface area contributed by atoms with E-state index in [1.165, 1.54) is 29.5 Å². The second-order valence-corrected chi connectivity index (χ2v) is 11.5. The molecule has 0 bridgehead atoms. The molecule has 2 fully saturated rings. The van der Waals surface area contributed by atoms with Gasteiger partial charge in [0, 0.05) is 31.4 Å². The molecule has 3 heterocycles. The molecule has 2 aromatic rings. The maximum absolute atomic E-state index is 13.2. The zero-order chi connectivity index (χ0) is 23.3. The van der Waals surface area contributed by atoms with Gasteiger partial charge in [0.1, 0.15) is 6.07 Å². The molecule has 0 radical (unpaired) electrons. The summed E-state index contributed by atoms with van der Waals surface area (Å²) in [7, 11) is 0. The molecule has 2 aliphatic heterocycles. The normalized spacial score (nSPS) is 22.2. The SMILES string of the molecule is CC(C)C1CN(c2cc(C3CC3)c3c(c2C#N)CC(C)(C)OC3)CCN1C(=O)c1ccsc1. The van der Waals surface area contributed by atoms with E-state index in [1.807, 2.05) is 21.7 Å². The third-order valence-corrected chi connectivity index (χ3v) is 8.14. The van der Waals surface area contributed by atoms with Crippen LogP contribution in [0.25, 0.3) is 0 Å². The summed E-state index contributed by atoms with van der Waals surface area (Å²) < 4.78 is 6.15. The number of anilines is 1. The van der Waals surface area contributed by atoms with Gasteiger partial charge in [-0.15, -0.1) is 0 Å². The van der Waals surface area contributed by atoms with Crippen LogP contribution < -0.4 is 4.90 Å². The fraction of sp³-hybridized carbons (Fsp3) is 0.556. The van der Waals surface area contributed by atoms with Gasteiger partial charge in [0.25, 0.3) is 5.91 Å². The molecule has 1 unspecified atom stereocenters. The van der Waals surface area contributed by atoms with Crippen molar-refractivity contribution in [3.05, 3.63) is 50.7 Å². The Morgan fingerprint density at radius 1 is 1.27 bits per heavy atom. The van der Waals surface area contributed by atoms with Gasteiger partial charge in [0.15, 0.2) is 0 Å². The van der Waals surface area contributed by atoms with E-state index in [2.05, 4.69) is 44.7 Å². The van der Waals surface area contributed by atoms with Gasteiger partial charge in [-0.05, 0) is 72.7 Å². The Labute approximate surface area is 201 Å². The molecule has 1 aromatic carbocycles. The van der Waals surface area contributed by atoms with Crippen molar-refractivity contribution in [2.75, 3.05) is 24.5 Å². The highest BCUT2D eigenvalue weighted by atomic mass is 32.1. The Hall–Kier alpha value is -2.36. The number of rotatable bonds is 4. The number of fused-ring (bicyclic) bond motifs is 1. The molecule has 5 nitrogen and oxygen atoms in total. The minimum atomic E-state index is -0.260. The van der Waals surface area contributed by atoms with Crippen LogP contribution in [-0.4, -0.2) is 42.1 Å². The average molecular weight is 464 g/mol. The highest BCUT2D eigenvalue weighted by molar-refractivity contribution is 7.08. The summed E-state index contributed by atoms with van der Waals surface area (Å²) in [6.45, 7) is 11.4. The first-order valence-corrected chi connectivity index (χ1v) is 13.0. The maximum Gasteiger partial charge on any atom is 0.255 e. The van der Waals surface area contributed by atoms with Gasteiger partial charge >= 0.3 is 0 Å². The van der Waals surface area contributed by atoms with Gasteiger partial charge in [-0.2, -0.15) is 16.6 Å². The van der Waals surface area contributed by atoms with Gasteiger partial charge in [0.05, 0.1) is 35.1 Å². The monoisotopic (exact) mass is 463 g/mol. The largest absolute Gasteiger partial charge is 0.371 e. The van der Waals surface area contributed by atoms with Crippen molar-refractivity contribution in [3.63, 3.8) is 0 Å². The number of amides is 1. The topological polar surface area (TPSA) is 56.6 Å². The van der Waals surface area contributed by atoms with E-state index in [0.717, 1.165) is 36.3 Å². The summed E-state index contributed by atoms with van der Waals surface area (Å²) in [5.74, 6) is 1.05. The van der Waals surface area contributed by atoms with E-state index in [4.69, 9.17) is 4.74 Å².